The van der Waals surface area contributed by atoms with Crippen molar-refractivity contribution in [1.82, 2.24) is 5.06 Å². The molecule has 0 rings (SSSR count). The smallest absolute Gasteiger partial charge is 0.332 e. The molecule has 10 heavy (non-hydrogen) atoms. The highest BCUT2D eigenvalue weighted by Gasteiger charge is 2.06. The Balaban J connectivity index is 3.68. The summed E-state index contributed by atoms with van der Waals surface area (Å²) in [7, 11) is 0. The predicted octanol–water partition coefficient (Wildman–Crippen LogP) is 0.338. The predicted molar refractivity (Wildman–Crippen MR) is 35.8 cm³/mol. The number of hydrogen-bond donors (Lipinski definition) is 2. The molecule has 0 heterocycles. The van der Waals surface area contributed by atoms with Crippen molar-refractivity contribution in [2.45, 2.75) is 6.92 Å². The highest BCUT2D eigenvalue weighted by atomic mass is 16.5. The maximum Gasteiger partial charge on any atom is 0.332 e. The summed E-state index contributed by atoms with van der Waals surface area (Å²) in [6, 6.07) is 0. The van der Waals surface area contributed by atoms with Gasteiger partial charge in [-0.3, -0.25) is 0 Å². The van der Waals surface area contributed by atoms with Crippen molar-refractivity contribution < 1.29 is 15.1 Å². The van der Waals surface area contributed by atoms with Crippen LogP contribution in [-0.2, 0) is 4.79 Å². The van der Waals surface area contributed by atoms with Crippen LogP contribution in [0.1, 0.15) is 6.92 Å². The number of nitrogens with zero attached hydrogens (tertiary/aromatic N) is 1. The van der Waals surface area contributed by atoms with Crippen LogP contribution in [0.3, 0.4) is 0 Å². The minimum atomic E-state index is -1.08. The molecule has 0 spiro atoms. The summed E-state index contributed by atoms with van der Waals surface area (Å²) in [5.74, 6) is -1.08. The van der Waals surface area contributed by atoms with E-state index >= 15 is 0 Å². The molecule has 0 saturated carbocycles. The van der Waals surface area contributed by atoms with E-state index < -0.39 is 5.97 Å². The zero-order valence-corrected chi connectivity index (χ0v) is 5.87. The van der Waals surface area contributed by atoms with Crippen LogP contribution in [0.25, 0.3) is 0 Å². The van der Waals surface area contributed by atoms with Crippen molar-refractivity contribution in [2.24, 2.45) is 0 Å². The zero-order valence-electron chi connectivity index (χ0n) is 5.87. The third-order valence-corrected chi connectivity index (χ3v) is 1.04. The van der Waals surface area contributed by atoms with E-state index in [1.807, 2.05) is 0 Å². The molecule has 0 aliphatic carbocycles. The Hall–Kier alpha value is -0.870. The van der Waals surface area contributed by atoms with Crippen LogP contribution in [0.5, 0.6) is 0 Å². The normalized spacial score (nSPS) is 9.90. The number of carbonyl (C=O) groups is 1. The Labute approximate surface area is 59.3 Å². The Bertz CT molecular complexity index is 144. The van der Waals surface area contributed by atoms with Gasteiger partial charge in [-0.1, -0.05) is 13.5 Å². The molecule has 0 aromatic rings. The third kappa shape index (κ3) is 3.21. The lowest BCUT2D eigenvalue weighted by Crippen LogP contribution is -2.23. The van der Waals surface area contributed by atoms with E-state index in [2.05, 4.69) is 6.58 Å². The fourth-order valence-corrected chi connectivity index (χ4v) is 0.400. The van der Waals surface area contributed by atoms with E-state index in [-0.39, 0.29) is 12.1 Å². The minimum Gasteiger partial charge on any atom is -0.478 e. The van der Waals surface area contributed by atoms with E-state index in [4.69, 9.17) is 10.3 Å². The van der Waals surface area contributed by atoms with Crippen LogP contribution in [-0.4, -0.2) is 34.4 Å². The third-order valence-electron chi connectivity index (χ3n) is 1.04. The van der Waals surface area contributed by atoms with Gasteiger partial charge in [-0.25, -0.2) is 4.79 Å². The number of rotatable bonds is 4. The standard InChI is InChI=1S/C6H11NO3/c1-3-7(10)4-5(2)6(8)9/h10H,2-4H2,1H3,(H,8,9). The summed E-state index contributed by atoms with van der Waals surface area (Å²) in [6.45, 7) is 5.35. The fourth-order valence-electron chi connectivity index (χ4n) is 0.400. The molecular weight excluding hydrogens is 134 g/mol. The van der Waals surface area contributed by atoms with Crippen LogP contribution in [0.15, 0.2) is 12.2 Å². The number of carboxylic acid groups (broad SMARTS) is 1. The molecule has 0 aromatic carbocycles. The molecule has 4 nitrogen and oxygen atoms in total. The van der Waals surface area contributed by atoms with Gasteiger partial charge in [-0.15, -0.1) is 0 Å². The molecule has 0 atom stereocenters. The average Bonchev–Trinajstić information content (AvgIpc) is 1.87. The molecular formula is C6H11NO3. The highest BCUT2D eigenvalue weighted by Crippen LogP contribution is 1.92. The Morgan fingerprint density at radius 2 is 2.20 bits per heavy atom. The average molecular weight is 145 g/mol. The second kappa shape index (κ2) is 4.03. The van der Waals surface area contributed by atoms with Crippen LogP contribution in [0.4, 0.5) is 0 Å². The number of carboxylic acids is 1. The second-order valence-electron chi connectivity index (χ2n) is 1.89. The molecule has 0 aliphatic rings. The number of hydrogen-bond acceptors (Lipinski definition) is 3. The fraction of sp³-hybridized carbons (Fsp3) is 0.500. The quantitative estimate of drug-likeness (QED) is 0.442. The maximum absolute atomic E-state index is 10.1. The van der Waals surface area contributed by atoms with Crippen molar-refractivity contribution in [3.05, 3.63) is 12.2 Å². The van der Waals surface area contributed by atoms with Gasteiger partial charge < -0.3 is 10.3 Å². The second-order valence-corrected chi connectivity index (χ2v) is 1.89. The van der Waals surface area contributed by atoms with Crippen LogP contribution < -0.4 is 0 Å². The molecule has 2 N–H and O–H groups in total. The molecule has 0 radical (unpaired) electrons. The van der Waals surface area contributed by atoms with Gasteiger partial charge in [-0.05, 0) is 0 Å². The number of aliphatic carboxylic acids is 1. The Kier molecular flexibility index (Phi) is 3.68. The molecule has 0 aromatic heterocycles. The molecule has 0 fully saturated rings. The van der Waals surface area contributed by atoms with E-state index in [1.165, 1.54) is 0 Å². The first kappa shape index (κ1) is 9.13. The molecule has 58 valence electrons. The van der Waals surface area contributed by atoms with Gasteiger partial charge in [0.2, 0.25) is 0 Å². The molecule has 0 saturated heterocycles. The van der Waals surface area contributed by atoms with Gasteiger partial charge in [0.1, 0.15) is 0 Å². The first-order valence-electron chi connectivity index (χ1n) is 2.92. The summed E-state index contributed by atoms with van der Waals surface area (Å²) in [4.78, 5) is 10.1. The van der Waals surface area contributed by atoms with Crippen LogP contribution in [0.2, 0.25) is 0 Å². The molecule has 0 amide bonds. The topological polar surface area (TPSA) is 60.8 Å². The van der Waals surface area contributed by atoms with Gasteiger partial charge in [-0.2, -0.15) is 5.06 Å². The molecule has 0 aliphatic heterocycles. The van der Waals surface area contributed by atoms with Crippen molar-refractivity contribution in [1.29, 1.82) is 0 Å². The number of likely N-dealkylation sites (N-methyl/N-ethyl adjacent to an activating group) is 1. The minimum absolute atomic E-state index is 0.00810. The van der Waals surface area contributed by atoms with E-state index in [9.17, 15) is 4.79 Å². The monoisotopic (exact) mass is 145 g/mol. The summed E-state index contributed by atoms with van der Waals surface area (Å²) >= 11 is 0. The first-order valence-corrected chi connectivity index (χ1v) is 2.92. The number of hydroxylamine groups is 2. The van der Waals surface area contributed by atoms with E-state index in [0.717, 1.165) is 5.06 Å². The van der Waals surface area contributed by atoms with Crippen LogP contribution >= 0.6 is 0 Å². The lowest BCUT2D eigenvalue weighted by Gasteiger charge is -2.10. The molecule has 4 heteroatoms. The first-order chi connectivity index (χ1) is 4.57. The largest absolute Gasteiger partial charge is 0.478 e. The molecule has 0 bridgehead atoms. The summed E-state index contributed by atoms with van der Waals surface area (Å²) in [6.07, 6.45) is 0. The van der Waals surface area contributed by atoms with Crippen molar-refractivity contribution in [2.75, 3.05) is 13.1 Å². The zero-order chi connectivity index (χ0) is 8.15. The Morgan fingerprint density at radius 3 is 2.50 bits per heavy atom. The van der Waals surface area contributed by atoms with Gasteiger partial charge in [0.25, 0.3) is 0 Å². The van der Waals surface area contributed by atoms with Gasteiger partial charge in [0.05, 0.1) is 6.54 Å². The lowest BCUT2D eigenvalue weighted by molar-refractivity contribution is -0.135. The molecule has 0 unspecified atom stereocenters. The lowest BCUT2D eigenvalue weighted by atomic mass is 10.3. The highest BCUT2D eigenvalue weighted by molar-refractivity contribution is 5.86. The summed E-state index contributed by atoms with van der Waals surface area (Å²) in [5.41, 5.74) is -0.00986. The summed E-state index contributed by atoms with van der Waals surface area (Å²) in [5, 5.41) is 18.0. The van der Waals surface area contributed by atoms with Crippen molar-refractivity contribution in [3.63, 3.8) is 0 Å². The Morgan fingerprint density at radius 1 is 1.70 bits per heavy atom. The van der Waals surface area contributed by atoms with Gasteiger partial charge in [0, 0.05) is 12.1 Å². The van der Waals surface area contributed by atoms with Crippen molar-refractivity contribution >= 4 is 5.97 Å². The van der Waals surface area contributed by atoms with E-state index in [1.54, 1.807) is 6.92 Å². The summed E-state index contributed by atoms with van der Waals surface area (Å²) < 4.78 is 0. The maximum atomic E-state index is 10.1. The van der Waals surface area contributed by atoms with E-state index in [0.29, 0.717) is 6.54 Å². The van der Waals surface area contributed by atoms with Crippen LogP contribution in [0, 0.1) is 0 Å². The van der Waals surface area contributed by atoms with Gasteiger partial charge in [0.15, 0.2) is 0 Å². The SMILES string of the molecule is C=C(CN(O)CC)C(=O)O. The van der Waals surface area contributed by atoms with Gasteiger partial charge >= 0.3 is 5.97 Å². The van der Waals surface area contributed by atoms with Crippen molar-refractivity contribution in [3.8, 4) is 0 Å².